The monoisotopic (exact) mass is 537 g/mol. The molecule has 1 amide bonds. The fraction of sp³-hybridized carbons (Fsp3) is 0.0952. The van der Waals surface area contributed by atoms with Gasteiger partial charge in [0.05, 0.1) is 23.5 Å². The van der Waals surface area contributed by atoms with Crippen LogP contribution < -0.4 is 10.1 Å². The summed E-state index contributed by atoms with van der Waals surface area (Å²) in [5.41, 5.74) is 0.954. The minimum absolute atomic E-state index is 0.0793. The first-order valence-electron chi connectivity index (χ1n) is 9.27. The van der Waals surface area contributed by atoms with Crippen molar-refractivity contribution in [2.24, 2.45) is 0 Å². The first-order valence-corrected chi connectivity index (χ1v) is 10.8. The summed E-state index contributed by atoms with van der Waals surface area (Å²) >= 11 is 15.5. The number of aromatic nitrogens is 4. The van der Waals surface area contributed by atoms with E-state index in [-0.39, 0.29) is 19.0 Å². The van der Waals surface area contributed by atoms with E-state index in [2.05, 4.69) is 31.4 Å². The third-order valence-corrected chi connectivity index (χ3v) is 5.54. The Morgan fingerprint density at radius 3 is 2.78 bits per heavy atom. The van der Waals surface area contributed by atoms with Gasteiger partial charge in [0.1, 0.15) is 11.6 Å². The van der Waals surface area contributed by atoms with Crippen LogP contribution in [0.3, 0.4) is 0 Å². The van der Waals surface area contributed by atoms with E-state index < -0.39 is 11.7 Å². The van der Waals surface area contributed by atoms with Crippen LogP contribution in [0.2, 0.25) is 10.0 Å². The molecule has 2 heterocycles. The number of nitrogens with one attached hydrogen (secondary N) is 1. The third-order valence-electron chi connectivity index (χ3n) is 4.39. The number of carbonyl (C=O) groups is 1. The number of halogens is 4. The standard InChI is InChI=1S/C21H15BrCl2FN5O2/c22-13-4-5-20(17(24)8-13)32-12-29-7-6-19(28-29)21(31)27-14-9-26-30(10-14)11-15-16(23)2-1-3-18(15)25/h1-10H,11-12H2,(H,27,31). The molecule has 0 bridgehead atoms. The average molecular weight is 539 g/mol. The van der Waals surface area contributed by atoms with Crippen molar-refractivity contribution in [2.45, 2.75) is 13.3 Å². The summed E-state index contributed by atoms with van der Waals surface area (Å²) in [5.74, 6) is -0.344. The molecule has 2 aromatic carbocycles. The number of nitrogens with zero attached hydrogens (tertiary/aromatic N) is 4. The number of amides is 1. The van der Waals surface area contributed by atoms with E-state index in [1.54, 1.807) is 36.7 Å². The van der Waals surface area contributed by atoms with E-state index in [4.69, 9.17) is 27.9 Å². The van der Waals surface area contributed by atoms with Crippen LogP contribution in [0, 0.1) is 5.82 Å². The zero-order valence-corrected chi connectivity index (χ0v) is 19.4. The Labute approximate surface area is 200 Å². The molecule has 0 unspecified atom stereocenters. The van der Waals surface area contributed by atoms with Crippen molar-refractivity contribution in [3.05, 3.63) is 92.6 Å². The quantitative estimate of drug-likeness (QED) is 0.331. The molecule has 0 radical (unpaired) electrons. The Morgan fingerprint density at radius 1 is 1.16 bits per heavy atom. The van der Waals surface area contributed by atoms with Gasteiger partial charge in [-0.2, -0.15) is 10.2 Å². The van der Waals surface area contributed by atoms with Crippen LogP contribution in [-0.2, 0) is 13.3 Å². The highest BCUT2D eigenvalue weighted by Crippen LogP contribution is 2.28. The first-order chi connectivity index (χ1) is 15.4. The van der Waals surface area contributed by atoms with Gasteiger partial charge in [0.2, 0.25) is 0 Å². The Hall–Kier alpha value is -2.88. The second-order valence-electron chi connectivity index (χ2n) is 6.67. The number of hydrogen-bond donors (Lipinski definition) is 1. The number of benzene rings is 2. The molecule has 0 aliphatic rings. The lowest BCUT2D eigenvalue weighted by molar-refractivity contribution is 0.102. The summed E-state index contributed by atoms with van der Waals surface area (Å²) in [4.78, 5) is 12.5. The van der Waals surface area contributed by atoms with Crippen LogP contribution in [0.1, 0.15) is 16.1 Å². The fourth-order valence-electron chi connectivity index (χ4n) is 2.84. The van der Waals surface area contributed by atoms with Crippen molar-refractivity contribution in [1.82, 2.24) is 19.6 Å². The highest BCUT2D eigenvalue weighted by atomic mass is 79.9. The molecule has 0 aliphatic heterocycles. The second kappa shape index (κ2) is 9.72. The van der Waals surface area contributed by atoms with Gasteiger partial charge in [0.15, 0.2) is 12.4 Å². The molecule has 1 N–H and O–H groups in total. The zero-order chi connectivity index (χ0) is 22.7. The van der Waals surface area contributed by atoms with E-state index in [9.17, 15) is 9.18 Å². The largest absolute Gasteiger partial charge is 0.470 e. The van der Waals surface area contributed by atoms with E-state index in [1.165, 1.54) is 27.7 Å². The number of rotatable bonds is 7. The third kappa shape index (κ3) is 5.29. The normalized spacial score (nSPS) is 10.9. The summed E-state index contributed by atoms with van der Waals surface area (Å²) in [5, 5.41) is 11.8. The van der Waals surface area contributed by atoms with Crippen molar-refractivity contribution in [2.75, 3.05) is 5.32 Å². The molecule has 164 valence electrons. The number of ether oxygens (including phenoxy) is 1. The molecule has 4 aromatic rings. The van der Waals surface area contributed by atoms with Gasteiger partial charge in [0, 0.05) is 27.5 Å². The van der Waals surface area contributed by atoms with E-state index >= 15 is 0 Å². The van der Waals surface area contributed by atoms with Crippen LogP contribution in [0.4, 0.5) is 10.1 Å². The van der Waals surface area contributed by atoms with Gasteiger partial charge >= 0.3 is 0 Å². The molecule has 0 saturated carbocycles. The minimum Gasteiger partial charge on any atom is -0.470 e. The van der Waals surface area contributed by atoms with Crippen LogP contribution in [0.25, 0.3) is 0 Å². The first kappa shape index (κ1) is 22.3. The number of hydrogen-bond acceptors (Lipinski definition) is 4. The smallest absolute Gasteiger partial charge is 0.276 e. The van der Waals surface area contributed by atoms with Gasteiger partial charge < -0.3 is 10.1 Å². The maximum absolute atomic E-state index is 14.0. The van der Waals surface area contributed by atoms with Crippen LogP contribution in [0.5, 0.6) is 5.75 Å². The minimum atomic E-state index is -0.422. The van der Waals surface area contributed by atoms with Gasteiger partial charge in [-0.25, -0.2) is 9.07 Å². The Kier molecular flexibility index (Phi) is 6.78. The Balaban J connectivity index is 1.36. The van der Waals surface area contributed by atoms with Crippen LogP contribution >= 0.6 is 39.1 Å². The molecule has 0 aliphatic carbocycles. The molecular formula is C21H15BrCl2FN5O2. The lowest BCUT2D eigenvalue weighted by Gasteiger charge is -2.08. The predicted octanol–water partition coefficient (Wildman–Crippen LogP) is 5.63. The highest BCUT2D eigenvalue weighted by molar-refractivity contribution is 9.10. The van der Waals surface area contributed by atoms with Crippen molar-refractivity contribution >= 4 is 50.7 Å². The maximum atomic E-state index is 14.0. The van der Waals surface area contributed by atoms with Crippen molar-refractivity contribution in [3.8, 4) is 5.75 Å². The summed E-state index contributed by atoms with van der Waals surface area (Å²) in [6.07, 6.45) is 4.66. The van der Waals surface area contributed by atoms with Gasteiger partial charge in [-0.15, -0.1) is 0 Å². The summed E-state index contributed by atoms with van der Waals surface area (Å²) in [6.45, 7) is 0.210. The van der Waals surface area contributed by atoms with Gasteiger partial charge in [-0.3, -0.25) is 9.48 Å². The van der Waals surface area contributed by atoms with E-state index in [0.717, 1.165) is 4.47 Å². The molecule has 32 heavy (non-hydrogen) atoms. The topological polar surface area (TPSA) is 74.0 Å². The van der Waals surface area contributed by atoms with Crippen LogP contribution in [0.15, 0.2) is 65.5 Å². The van der Waals surface area contributed by atoms with E-state index in [1.807, 2.05) is 6.07 Å². The zero-order valence-electron chi connectivity index (χ0n) is 16.3. The molecule has 4 rings (SSSR count). The van der Waals surface area contributed by atoms with E-state index in [0.29, 0.717) is 27.0 Å². The number of anilines is 1. The van der Waals surface area contributed by atoms with Crippen LogP contribution in [-0.4, -0.2) is 25.5 Å². The van der Waals surface area contributed by atoms with Gasteiger partial charge in [0.25, 0.3) is 5.91 Å². The molecular weight excluding hydrogens is 524 g/mol. The average Bonchev–Trinajstić information content (AvgIpc) is 3.40. The SMILES string of the molecule is O=C(Nc1cnn(Cc2c(F)cccc2Cl)c1)c1ccn(COc2ccc(Br)cc2Cl)n1. The van der Waals surface area contributed by atoms with Crippen molar-refractivity contribution in [1.29, 1.82) is 0 Å². The molecule has 11 heteroatoms. The lowest BCUT2D eigenvalue weighted by Crippen LogP contribution is -2.14. The fourth-order valence-corrected chi connectivity index (χ4v) is 3.79. The van der Waals surface area contributed by atoms with Crippen molar-refractivity contribution < 1.29 is 13.9 Å². The molecule has 2 aromatic heterocycles. The lowest BCUT2D eigenvalue weighted by atomic mass is 10.2. The van der Waals surface area contributed by atoms with Crippen molar-refractivity contribution in [3.63, 3.8) is 0 Å². The highest BCUT2D eigenvalue weighted by Gasteiger charge is 2.13. The molecule has 0 spiro atoms. The Bertz CT molecular complexity index is 1260. The molecule has 7 nitrogen and oxygen atoms in total. The Morgan fingerprint density at radius 2 is 2.00 bits per heavy atom. The molecule has 0 atom stereocenters. The summed E-state index contributed by atoms with van der Waals surface area (Å²) < 4.78 is 23.4. The molecule has 0 fully saturated rings. The maximum Gasteiger partial charge on any atom is 0.276 e. The van der Waals surface area contributed by atoms with Gasteiger partial charge in [-0.05, 0) is 36.4 Å². The van der Waals surface area contributed by atoms with Gasteiger partial charge in [-0.1, -0.05) is 45.2 Å². The summed E-state index contributed by atoms with van der Waals surface area (Å²) in [6, 6.07) is 11.3. The second-order valence-corrected chi connectivity index (χ2v) is 8.40. The number of carbonyl (C=O) groups excluding carboxylic acids is 1. The predicted molar refractivity (Wildman–Crippen MR) is 123 cm³/mol. The summed E-state index contributed by atoms with van der Waals surface area (Å²) in [7, 11) is 0. The molecule has 0 saturated heterocycles.